The summed E-state index contributed by atoms with van der Waals surface area (Å²) in [6, 6.07) is 10.4. The van der Waals surface area contributed by atoms with Crippen LogP contribution in [0.3, 0.4) is 0 Å². The van der Waals surface area contributed by atoms with Crippen molar-refractivity contribution in [1.82, 2.24) is 10.1 Å². The summed E-state index contributed by atoms with van der Waals surface area (Å²) in [5.41, 5.74) is 3.51. The van der Waals surface area contributed by atoms with Gasteiger partial charge in [-0.1, -0.05) is 35.5 Å². The number of nitrogens with zero attached hydrogens (tertiary/aromatic N) is 2. The van der Waals surface area contributed by atoms with Crippen LogP contribution in [0.2, 0.25) is 0 Å². The molecule has 0 saturated heterocycles. The number of fused-ring (bicyclic) bond motifs is 1. The van der Waals surface area contributed by atoms with Gasteiger partial charge in [0.1, 0.15) is 11.5 Å². The first-order valence-electron chi connectivity index (χ1n) is 7.15. The number of rotatable bonds is 3. The van der Waals surface area contributed by atoms with Gasteiger partial charge in [-0.3, -0.25) is 4.90 Å². The summed E-state index contributed by atoms with van der Waals surface area (Å²) in [6.45, 7) is 3.37. The summed E-state index contributed by atoms with van der Waals surface area (Å²) in [5, 5.41) is 4.30. The van der Waals surface area contributed by atoms with Gasteiger partial charge in [0.2, 0.25) is 0 Å². The fourth-order valence-electron chi connectivity index (χ4n) is 2.91. The number of benzene rings is 1. The van der Waals surface area contributed by atoms with E-state index in [0.29, 0.717) is 0 Å². The lowest BCUT2D eigenvalue weighted by molar-refractivity contribution is 0.228. The third kappa shape index (κ3) is 2.19. The van der Waals surface area contributed by atoms with E-state index in [1.54, 1.807) is 0 Å². The van der Waals surface area contributed by atoms with Crippen LogP contribution >= 0.6 is 0 Å². The molecule has 0 amide bonds. The van der Waals surface area contributed by atoms with Crippen molar-refractivity contribution in [3.05, 3.63) is 41.7 Å². The zero-order valence-electron chi connectivity index (χ0n) is 11.0. The number of aromatic nitrogens is 1. The summed E-state index contributed by atoms with van der Waals surface area (Å²) in [5.74, 6) is 2.03. The van der Waals surface area contributed by atoms with E-state index in [9.17, 15) is 0 Å². The summed E-state index contributed by atoms with van der Waals surface area (Å²) < 4.78 is 5.53. The highest BCUT2D eigenvalue weighted by Crippen LogP contribution is 2.34. The Hall–Kier alpha value is -1.61. The molecule has 4 rings (SSSR count). The SMILES string of the molecule is c1ccc(-c2noc3c2CN(CC2CC2)CC3)cc1. The Morgan fingerprint density at radius 2 is 2.05 bits per heavy atom. The first-order chi connectivity index (χ1) is 9.40. The van der Waals surface area contributed by atoms with Crippen LogP contribution in [0.1, 0.15) is 24.2 Å². The van der Waals surface area contributed by atoms with E-state index < -0.39 is 0 Å². The Morgan fingerprint density at radius 3 is 2.84 bits per heavy atom. The van der Waals surface area contributed by atoms with E-state index in [0.717, 1.165) is 36.9 Å². The van der Waals surface area contributed by atoms with E-state index in [-0.39, 0.29) is 0 Å². The molecule has 3 heteroatoms. The summed E-state index contributed by atoms with van der Waals surface area (Å²) in [7, 11) is 0. The van der Waals surface area contributed by atoms with Crippen LogP contribution in [0.4, 0.5) is 0 Å². The normalized spacial score (nSPS) is 19.4. The maximum Gasteiger partial charge on any atom is 0.143 e. The van der Waals surface area contributed by atoms with Gasteiger partial charge in [0.05, 0.1) is 0 Å². The maximum absolute atomic E-state index is 5.53. The molecular formula is C16H18N2O. The van der Waals surface area contributed by atoms with Gasteiger partial charge < -0.3 is 4.52 Å². The average molecular weight is 254 g/mol. The summed E-state index contributed by atoms with van der Waals surface area (Å²) in [4.78, 5) is 2.56. The predicted octanol–water partition coefficient (Wildman–Crippen LogP) is 3.11. The minimum atomic E-state index is 0.946. The summed E-state index contributed by atoms with van der Waals surface area (Å²) in [6.07, 6.45) is 3.83. The summed E-state index contributed by atoms with van der Waals surface area (Å²) >= 11 is 0. The quantitative estimate of drug-likeness (QED) is 0.842. The van der Waals surface area contributed by atoms with Gasteiger partial charge in [-0.15, -0.1) is 0 Å². The van der Waals surface area contributed by atoms with Crippen LogP contribution in [0.5, 0.6) is 0 Å². The van der Waals surface area contributed by atoms with Gasteiger partial charge in [0, 0.05) is 37.2 Å². The second-order valence-corrected chi connectivity index (χ2v) is 5.73. The van der Waals surface area contributed by atoms with Crippen LogP contribution in [-0.2, 0) is 13.0 Å². The molecule has 1 aliphatic heterocycles. The molecule has 0 bridgehead atoms. The molecule has 0 spiro atoms. The molecule has 98 valence electrons. The monoisotopic (exact) mass is 254 g/mol. The Labute approximate surface area is 113 Å². The Bertz CT molecular complexity index is 572. The first kappa shape index (κ1) is 11.2. The van der Waals surface area contributed by atoms with Crippen LogP contribution in [0.15, 0.2) is 34.9 Å². The van der Waals surface area contributed by atoms with Crippen molar-refractivity contribution in [2.75, 3.05) is 13.1 Å². The fraction of sp³-hybridized carbons (Fsp3) is 0.438. The van der Waals surface area contributed by atoms with Gasteiger partial charge in [0.15, 0.2) is 0 Å². The predicted molar refractivity (Wildman–Crippen MR) is 73.6 cm³/mol. The molecule has 19 heavy (non-hydrogen) atoms. The average Bonchev–Trinajstić information content (AvgIpc) is 3.17. The van der Waals surface area contributed by atoms with Crippen molar-refractivity contribution in [1.29, 1.82) is 0 Å². The Morgan fingerprint density at radius 1 is 1.21 bits per heavy atom. The molecule has 1 aromatic heterocycles. The maximum atomic E-state index is 5.53. The van der Waals surface area contributed by atoms with E-state index in [2.05, 4.69) is 34.3 Å². The molecule has 2 aromatic rings. The lowest BCUT2D eigenvalue weighted by Gasteiger charge is -2.25. The van der Waals surface area contributed by atoms with Gasteiger partial charge in [-0.25, -0.2) is 0 Å². The van der Waals surface area contributed by atoms with Gasteiger partial charge in [0.25, 0.3) is 0 Å². The van der Waals surface area contributed by atoms with Crippen LogP contribution in [0.25, 0.3) is 11.3 Å². The molecule has 1 aromatic carbocycles. The van der Waals surface area contributed by atoms with Crippen molar-refractivity contribution in [2.45, 2.75) is 25.8 Å². The van der Waals surface area contributed by atoms with Crippen molar-refractivity contribution in [2.24, 2.45) is 5.92 Å². The van der Waals surface area contributed by atoms with Crippen LogP contribution in [-0.4, -0.2) is 23.1 Å². The van der Waals surface area contributed by atoms with Gasteiger partial charge in [-0.2, -0.15) is 0 Å². The smallest absolute Gasteiger partial charge is 0.143 e. The van der Waals surface area contributed by atoms with Crippen LogP contribution < -0.4 is 0 Å². The minimum absolute atomic E-state index is 0.946. The van der Waals surface area contributed by atoms with Crippen molar-refractivity contribution in [3.8, 4) is 11.3 Å². The van der Waals surface area contributed by atoms with E-state index in [1.165, 1.54) is 30.5 Å². The van der Waals surface area contributed by atoms with Gasteiger partial charge >= 0.3 is 0 Å². The topological polar surface area (TPSA) is 29.3 Å². The molecule has 2 heterocycles. The van der Waals surface area contributed by atoms with E-state index in [1.807, 2.05) is 6.07 Å². The third-order valence-corrected chi connectivity index (χ3v) is 4.17. The lowest BCUT2D eigenvalue weighted by atomic mass is 10.0. The number of hydrogen-bond donors (Lipinski definition) is 0. The largest absolute Gasteiger partial charge is 0.360 e. The molecule has 0 unspecified atom stereocenters. The van der Waals surface area contributed by atoms with E-state index in [4.69, 9.17) is 4.52 Å². The molecular weight excluding hydrogens is 236 g/mol. The molecule has 1 fully saturated rings. The molecule has 0 N–H and O–H groups in total. The highest BCUT2D eigenvalue weighted by molar-refractivity contribution is 5.63. The Kier molecular flexibility index (Phi) is 2.66. The van der Waals surface area contributed by atoms with E-state index >= 15 is 0 Å². The zero-order valence-corrected chi connectivity index (χ0v) is 11.0. The standard InChI is InChI=1S/C16H18N2O/c1-2-4-13(5-3-1)16-14-11-18(10-12-6-7-12)9-8-15(14)19-17-16/h1-5,12H,6-11H2. The van der Waals surface area contributed by atoms with Crippen LogP contribution in [0, 0.1) is 5.92 Å². The molecule has 1 aliphatic carbocycles. The molecule has 2 aliphatic rings. The van der Waals surface area contributed by atoms with Crippen molar-refractivity contribution >= 4 is 0 Å². The molecule has 3 nitrogen and oxygen atoms in total. The van der Waals surface area contributed by atoms with Crippen molar-refractivity contribution in [3.63, 3.8) is 0 Å². The highest BCUT2D eigenvalue weighted by Gasteiger charge is 2.29. The third-order valence-electron chi connectivity index (χ3n) is 4.17. The Balaban J connectivity index is 1.63. The minimum Gasteiger partial charge on any atom is -0.360 e. The second kappa shape index (κ2) is 4.49. The lowest BCUT2D eigenvalue weighted by Crippen LogP contribution is -2.31. The molecule has 0 radical (unpaired) electrons. The first-order valence-corrected chi connectivity index (χ1v) is 7.15. The zero-order chi connectivity index (χ0) is 12.7. The van der Waals surface area contributed by atoms with Crippen molar-refractivity contribution < 1.29 is 4.52 Å². The highest BCUT2D eigenvalue weighted by atomic mass is 16.5. The molecule has 1 saturated carbocycles. The molecule has 0 atom stereocenters. The number of hydrogen-bond acceptors (Lipinski definition) is 3. The van der Waals surface area contributed by atoms with Gasteiger partial charge in [-0.05, 0) is 18.8 Å². The second-order valence-electron chi connectivity index (χ2n) is 5.73. The fourth-order valence-corrected chi connectivity index (χ4v) is 2.91.